The first-order valence-corrected chi connectivity index (χ1v) is 9.08. The van der Waals surface area contributed by atoms with Crippen LogP contribution in [-0.2, 0) is 10.0 Å². The number of aromatic nitrogens is 1. The van der Waals surface area contributed by atoms with Crippen LogP contribution in [0.5, 0.6) is 0 Å². The van der Waals surface area contributed by atoms with E-state index in [1.54, 1.807) is 28.8 Å². The average Bonchev–Trinajstić information content (AvgIpc) is 2.62. The second-order valence-electron chi connectivity index (χ2n) is 5.85. The number of hydrogen-bond acceptors (Lipinski definition) is 4. The number of carboxylic acid groups (broad SMARTS) is 1. The second-order valence-corrected chi connectivity index (χ2v) is 8.00. The van der Waals surface area contributed by atoms with Crippen LogP contribution in [0.1, 0.15) is 10.4 Å². The molecule has 3 rings (SSSR count). The van der Waals surface area contributed by atoms with Crippen LogP contribution >= 0.6 is 0 Å². The molecule has 0 atom stereocenters. The molecular weight excluding hydrogens is 356 g/mol. The highest BCUT2D eigenvalue weighted by molar-refractivity contribution is 7.89. The van der Waals surface area contributed by atoms with E-state index in [4.69, 9.17) is 0 Å². The first-order valence-electron chi connectivity index (χ1n) is 7.64. The Hall–Kier alpha value is -2.97. The fourth-order valence-corrected chi connectivity index (χ4v) is 3.56. The lowest BCUT2D eigenvalue weighted by Crippen LogP contribution is -2.23. The predicted molar refractivity (Wildman–Crippen MR) is 97.4 cm³/mol. The molecule has 1 aromatic heterocycles. The zero-order chi connectivity index (χ0) is 19.1. The Balaban J connectivity index is 2.43. The summed E-state index contributed by atoms with van der Waals surface area (Å²) in [6.07, 6.45) is 1.25. The first kappa shape index (κ1) is 17.8. The molecule has 1 heterocycles. The molecular formula is C18H16N2O5S. The Bertz CT molecular complexity index is 1170. The Kier molecular flexibility index (Phi) is 4.39. The average molecular weight is 372 g/mol. The first-order chi connectivity index (χ1) is 12.2. The van der Waals surface area contributed by atoms with Gasteiger partial charge in [-0.2, -0.15) is 0 Å². The number of hydrogen-bond donors (Lipinski definition) is 1. The molecule has 134 valence electrons. The van der Waals surface area contributed by atoms with E-state index in [1.165, 1.54) is 38.5 Å². The number of sulfonamides is 1. The van der Waals surface area contributed by atoms with Gasteiger partial charge in [0.25, 0.3) is 0 Å². The fourth-order valence-electron chi connectivity index (χ4n) is 2.64. The number of rotatable bonds is 4. The Morgan fingerprint density at radius 1 is 1.08 bits per heavy atom. The SMILES string of the molecule is CN(C)S(=O)(=O)c1ccc2c(c1)c(=O)c(C(=O)O)cn2-c1ccccc1. The molecule has 8 heteroatoms. The van der Waals surface area contributed by atoms with Gasteiger partial charge >= 0.3 is 5.97 Å². The summed E-state index contributed by atoms with van der Waals surface area (Å²) in [5.41, 5.74) is -0.0802. The highest BCUT2D eigenvalue weighted by atomic mass is 32.2. The number of carbonyl (C=O) groups is 1. The second kappa shape index (κ2) is 6.40. The Labute approximate surface area is 149 Å². The summed E-state index contributed by atoms with van der Waals surface area (Å²) in [6.45, 7) is 0. The standard InChI is InChI=1S/C18H16N2O5S/c1-19(2)26(24,25)13-8-9-16-14(10-13)17(21)15(18(22)23)11-20(16)12-6-4-3-5-7-12/h3-11H,1-2H3,(H,22,23). The number of aromatic carboxylic acids is 1. The molecule has 2 aromatic carbocycles. The summed E-state index contributed by atoms with van der Waals surface area (Å²) in [7, 11) is -0.989. The van der Waals surface area contributed by atoms with E-state index in [0.717, 1.165) is 4.31 Å². The monoisotopic (exact) mass is 372 g/mol. The summed E-state index contributed by atoms with van der Waals surface area (Å²) < 4.78 is 27.3. The normalized spacial score (nSPS) is 11.8. The van der Waals surface area contributed by atoms with Crippen molar-refractivity contribution in [2.45, 2.75) is 4.90 Å². The summed E-state index contributed by atoms with van der Waals surface area (Å²) in [6, 6.07) is 13.0. The van der Waals surface area contributed by atoms with Gasteiger partial charge < -0.3 is 9.67 Å². The summed E-state index contributed by atoms with van der Waals surface area (Å²) >= 11 is 0. The minimum Gasteiger partial charge on any atom is -0.477 e. The number of benzene rings is 2. The quantitative estimate of drug-likeness (QED) is 0.755. The van der Waals surface area contributed by atoms with Crippen molar-refractivity contribution in [2.24, 2.45) is 0 Å². The van der Waals surface area contributed by atoms with E-state index < -0.39 is 27.0 Å². The molecule has 0 aliphatic carbocycles. The Morgan fingerprint density at radius 2 is 1.73 bits per heavy atom. The van der Waals surface area contributed by atoms with Gasteiger partial charge in [0.15, 0.2) is 0 Å². The molecule has 1 N–H and O–H groups in total. The third-order valence-corrected chi connectivity index (χ3v) is 5.83. The van der Waals surface area contributed by atoms with Crippen molar-refractivity contribution in [1.82, 2.24) is 8.87 Å². The highest BCUT2D eigenvalue weighted by Gasteiger charge is 2.21. The van der Waals surface area contributed by atoms with E-state index in [2.05, 4.69) is 0 Å². The summed E-state index contributed by atoms with van der Waals surface area (Å²) in [5, 5.41) is 9.40. The van der Waals surface area contributed by atoms with Crippen LogP contribution in [-0.4, -0.2) is 42.5 Å². The van der Waals surface area contributed by atoms with E-state index in [9.17, 15) is 23.1 Å². The molecule has 0 aliphatic rings. The van der Waals surface area contributed by atoms with Crippen molar-refractivity contribution >= 4 is 26.9 Å². The smallest absolute Gasteiger partial charge is 0.341 e. The molecule has 0 saturated heterocycles. The highest BCUT2D eigenvalue weighted by Crippen LogP contribution is 2.22. The van der Waals surface area contributed by atoms with Crippen LogP contribution in [0.4, 0.5) is 0 Å². The van der Waals surface area contributed by atoms with Gasteiger partial charge in [-0.25, -0.2) is 17.5 Å². The lowest BCUT2D eigenvalue weighted by atomic mass is 10.1. The van der Waals surface area contributed by atoms with Crippen LogP contribution in [0.3, 0.4) is 0 Å². The molecule has 0 unspecified atom stereocenters. The summed E-state index contributed by atoms with van der Waals surface area (Å²) in [4.78, 5) is 24.0. The molecule has 3 aromatic rings. The third kappa shape index (κ3) is 2.89. The van der Waals surface area contributed by atoms with Gasteiger partial charge in [0.1, 0.15) is 5.56 Å². The zero-order valence-electron chi connectivity index (χ0n) is 14.1. The fraction of sp³-hybridized carbons (Fsp3) is 0.111. The topological polar surface area (TPSA) is 96.7 Å². The van der Waals surface area contributed by atoms with Crippen LogP contribution in [0.15, 0.2) is 64.4 Å². The lowest BCUT2D eigenvalue weighted by molar-refractivity contribution is 0.0695. The largest absolute Gasteiger partial charge is 0.477 e. The molecule has 0 saturated carbocycles. The molecule has 0 aliphatic heterocycles. The van der Waals surface area contributed by atoms with Gasteiger partial charge in [0, 0.05) is 31.4 Å². The minimum absolute atomic E-state index is 0.0247. The van der Waals surface area contributed by atoms with Crippen molar-refractivity contribution in [2.75, 3.05) is 14.1 Å². The van der Waals surface area contributed by atoms with Crippen molar-refractivity contribution in [1.29, 1.82) is 0 Å². The van der Waals surface area contributed by atoms with Crippen LogP contribution in [0.25, 0.3) is 16.6 Å². The lowest BCUT2D eigenvalue weighted by Gasteiger charge is -2.15. The number of fused-ring (bicyclic) bond motifs is 1. The van der Waals surface area contributed by atoms with Gasteiger partial charge in [-0.1, -0.05) is 18.2 Å². The summed E-state index contributed by atoms with van der Waals surface area (Å²) in [5.74, 6) is -1.37. The number of pyridine rings is 1. The molecule has 7 nitrogen and oxygen atoms in total. The third-order valence-electron chi connectivity index (χ3n) is 4.02. The van der Waals surface area contributed by atoms with Gasteiger partial charge in [-0.15, -0.1) is 0 Å². The van der Waals surface area contributed by atoms with E-state index in [1.807, 2.05) is 6.07 Å². The Morgan fingerprint density at radius 3 is 2.31 bits per heavy atom. The van der Waals surface area contributed by atoms with Crippen LogP contribution in [0, 0.1) is 0 Å². The van der Waals surface area contributed by atoms with E-state index in [-0.39, 0.29) is 10.3 Å². The van der Waals surface area contributed by atoms with Gasteiger partial charge in [0.05, 0.1) is 10.4 Å². The van der Waals surface area contributed by atoms with Crippen molar-refractivity contribution < 1.29 is 18.3 Å². The zero-order valence-corrected chi connectivity index (χ0v) is 14.9. The van der Waals surface area contributed by atoms with Gasteiger partial charge in [0.2, 0.25) is 15.5 Å². The van der Waals surface area contributed by atoms with Crippen molar-refractivity contribution in [3.05, 3.63) is 70.5 Å². The molecule has 0 amide bonds. The molecule has 26 heavy (non-hydrogen) atoms. The molecule has 0 bridgehead atoms. The maximum absolute atomic E-state index is 12.6. The van der Waals surface area contributed by atoms with E-state index in [0.29, 0.717) is 11.2 Å². The predicted octanol–water partition coefficient (Wildman–Crippen LogP) is 1.94. The van der Waals surface area contributed by atoms with Gasteiger partial charge in [-0.05, 0) is 30.3 Å². The minimum atomic E-state index is -3.76. The van der Waals surface area contributed by atoms with Gasteiger partial charge in [-0.3, -0.25) is 4.79 Å². The van der Waals surface area contributed by atoms with Crippen molar-refractivity contribution in [3.63, 3.8) is 0 Å². The van der Waals surface area contributed by atoms with Crippen LogP contribution in [0.2, 0.25) is 0 Å². The maximum atomic E-state index is 12.6. The number of nitrogens with zero attached hydrogens (tertiary/aromatic N) is 2. The maximum Gasteiger partial charge on any atom is 0.341 e. The molecule has 0 radical (unpaired) electrons. The molecule has 0 spiro atoms. The van der Waals surface area contributed by atoms with E-state index >= 15 is 0 Å². The molecule has 0 fully saturated rings. The van der Waals surface area contributed by atoms with Crippen LogP contribution < -0.4 is 5.43 Å². The number of para-hydroxylation sites is 1. The van der Waals surface area contributed by atoms with Crippen molar-refractivity contribution in [3.8, 4) is 5.69 Å². The number of carboxylic acids is 1.